The topological polar surface area (TPSA) is 63.4 Å². The van der Waals surface area contributed by atoms with E-state index in [0.29, 0.717) is 18.9 Å². The van der Waals surface area contributed by atoms with E-state index in [2.05, 4.69) is 15.1 Å². The normalized spacial score (nSPS) is 17.7. The predicted molar refractivity (Wildman–Crippen MR) is 89.8 cm³/mol. The lowest BCUT2D eigenvalue weighted by molar-refractivity contribution is 0.0700. The molecule has 26 heavy (non-hydrogen) atoms. The van der Waals surface area contributed by atoms with E-state index in [1.807, 2.05) is 13.0 Å². The molecule has 0 aliphatic carbocycles. The molecule has 1 saturated heterocycles. The molecule has 134 valence electrons. The van der Waals surface area contributed by atoms with Gasteiger partial charge in [0.2, 0.25) is 0 Å². The summed E-state index contributed by atoms with van der Waals surface area (Å²) in [7, 11) is 0. The summed E-state index contributed by atoms with van der Waals surface area (Å²) in [6.45, 7) is 2.86. The summed E-state index contributed by atoms with van der Waals surface area (Å²) in [5, 5.41) is 4.22. The minimum absolute atomic E-state index is 0.0436. The molecule has 0 bridgehead atoms. The van der Waals surface area contributed by atoms with Crippen LogP contribution in [0.5, 0.6) is 0 Å². The monoisotopic (exact) mass is 357 g/mol. The van der Waals surface area contributed by atoms with Crippen LogP contribution in [0.25, 0.3) is 5.78 Å². The first-order chi connectivity index (χ1) is 12.5. The molecule has 3 heterocycles. The van der Waals surface area contributed by atoms with E-state index in [4.69, 9.17) is 0 Å². The maximum atomic E-state index is 14.0. The fourth-order valence-electron chi connectivity index (χ4n) is 3.49. The zero-order valence-corrected chi connectivity index (χ0v) is 14.2. The number of benzene rings is 1. The van der Waals surface area contributed by atoms with E-state index in [0.717, 1.165) is 36.4 Å². The maximum Gasteiger partial charge on any atom is 0.256 e. The van der Waals surface area contributed by atoms with Gasteiger partial charge >= 0.3 is 0 Å². The molecule has 6 nitrogen and oxygen atoms in total. The van der Waals surface area contributed by atoms with Crippen molar-refractivity contribution in [3.05, 3.63) is 59.2 Å². The molecule has 1 aliphatic rings. The van der Waals surface area contributed by atoms with Gasteiger partial charge in [0.15, 0.2) is 0 Å². The predicted octanol–water partition coefficient (Wildman–Crippen LogP) is 2.73. The highest BCUT2D eigenvalue weighted by atomic mass is 19.1. The number of fused-ring (bicyclic) bond motifs is 1. The Morgan fingerprint density at radius 1 is 1.27 bits per heavy atom. The van der Waals surface area contributed by atoms with Gasteiger partial charge in [-0.2, -0.15) is 10.1 Å². The molecule has 4 rings (SSSR count). The molecule has 1 amide bonds. The number of halogens is 2. The van der Waals surface area contributed by atoms with Crippen LogP contribution in [0, 0.1) is 18.6 Å². The van der Waals surface area contributed by atoms with Gasteiger partial charge in [-0.05, 0) is 38.0 Å². The van der Waals surface area contributed by atoms with E-state index >= 15 is 0 Å². The average Bonchev–Trinajstić information content (AvgIpc) is 3.09. The van der Waals surface area contributed by atoms with Gasteiger partial charge in [-0.1, -0.05) is 0 Å². The van der Waals surface area contributed by atoms with Gasteiger partial charge in [0.1, 0.15) is 18.0 Å². The smallest absolute Gasteiger partial charge is 0.256 e. The molecular weight excluding hydrogens is 340 g/mol. The molecule has 0 saturated carbocycles. The van der Waals surface area contributed by atoms with Crippen molar-refractivity contribution in [3.8, 4) is 0 Å². The minimum atomic E-state index is -0.837. The Kier molecular flexibility index (Phi) is 4.10. The lowest BCUT2D eigenvalue weighted by Crippen LogP contribution is -2.40. The van der Waals surface area contributed by atoms with Gasteiger partial charge in [-0.25, -0.2) is 18.3 Å². The highest BCUT2D eigenvalue weighted by Gasteiger charge is 2.29. The van der Waals surface area contributed by atoms with E-state index in [1.165, 1.54) is 12.4 Å². The third-order valence-corrected chi connectivity index (χ3v) is 4.70. The molecule has 3 aromatic rings. The second-order valence-corrected chi connectivity index (χ2v) is 6.51. The van der Waals surface area contributed by atoms with Crippen LogP contribution in [-0.2, 0) is 0 Å². The second kappa shape index (κ2) is 6.44. The Hall–Kier alpha value is -2.90. The number of aromatic nitrogens is 4. The largest absolute Gasteiger partial charge is 0.338 e. The standard InChI is InChI=1S/C18H17F2N5O/c1-11-7-16(25-18(23-11)21-10-22-25)12-3-2-6-24(9-12)17(26)14-5-4-13(19)8-15(14)20/h4-5,7-8,10,12H,2-3,6,9H2,1H3. The number of hydrogen-bond acceptors (Lipinski definition) is 4. The van der Waals surface area contributed by atoms with Crippen LogP contribution < -0.4 is 0 Å². The quantitative estimate of drug-likeness (QED) is 0.707. The number of nitrogens with zero attached hydrogens (tertiary/aromatic N) is 5. The molecule has 1 unspecified atom stereocenters. The Bertz CT molecular complexity index is 987. The van der Waals surface area contributed by atoms with Crippen molar-refractivity contribution in [2.45, 2.75) is 25.7 Å². The van der Waals surface area contributed by atoms with Crippen LogP contribution in [0.2, 0.25) is 0 Å². The highest BCUT2D eigenvalue weighted by Crippen LogP contribution is 2.28. The summed E-state index contributed by atoms with van der Waals surface area (Å²) in [6, 6.07) is 4.98. The SMILES string of the molecule is Cc1cc(C2CCCN(C(=O)c3ccc(F)cc3F)C2)n2ncnc2n1. The lowest BCUT2D eigenvalue weighted by Gasteiger charge is -2.33. The van der Waals surface area contributed by atoms with Crippen molar-refractivity contribution in [2.75, 3.05) is 13.1 Å². The summed E-state index contributed by atoms with van der Waals surface area (Å²) < 4.78 is 28.8. The van der Waals surface area contributed by atoms with Crippen LogP contribution in [0.4, 0.5) is 8.78 Å². The number of carbonyl (C=O) groups is 1. The molecule has 0 spiro atoms. The van der Waals surface area contributed by atoms with Gasteiger partial charge in [-0.15, -0.1) is 0 Å². The number of rotatable bonds is 2. The molecule has 2 aromatic heterocycles. The van der Waals surface area contributed by atoms with Crippen molar-refractivity contribution >= 4 is 11.7 Å². The van der Waals surface area contributed by atoms with Gasteiger partial charge in [0, 0.05) is 30.8 Å². The Morgan fingerprint density at radius 2 is 2.12 bits per heavy atom. The first-order valence-electron chi connectivity index (χ1n) is 8.44. The van der Waals surface area contributed by atoms with Gasteiger partial charge in [0.25, 0.3) is 11.7 Å². The first kappa shape index (κ1) is 16.6. The Balaban J connectivity index is 1.63. The van der Waals surface area contributed by atoms with Crippen molar-refractivity contribution in [2.24, 2.45) is 0 Å². The Morgan fingerprint density at radius 3 is 2.92 bits per heavy atom. The van der Waals surface area contributed by atoms with E-state index in [9.17, 15) is 13.6 Å². The molecule has 1 fully saturated rings. The molecule has 0 N–H and O–H groups in total. The van der Waals surface area contributed by atoms with Crippen LogP contribution in [0.3, 0.4) is 0 Å². The summed E-state index contributed by atoms with van der Waals surface area (Å²) in [5.41, 5.74) is 1.65. The van der Waals surface area contributed by atoms with Crippen LogP contribution >= 0.6 is 0 Å². The Labute approximate surface area is 148 Å². The molecule has 1 aromatic carbocycles. The van der Waals surface area contributed by atoms with Crippen molar-refractivity contribution in [1.82, 2.24) is 24.5 Å². The second-order valence-electron chi connectivity index (χ2n) is 6.51. The van der Waals surface area contributed by atoms with E-state index in [1.54, 1.807) is 9.42 Å². The third kappa shape index (κ3) is 2.91. The minimum Gasteiger partial charge on any atom is -0.338 e. The van der Waals surface area contributed by atoms with E-state index in [-0.39, 0.29) is 11.5 Å². The number of aryl methyl sites for hydroxylation is 1. The van der Waals surface area contributed by atoms with E-state index < -0.39 is 17.5 Å². The highest BCUT2D eigenvalue weighted by molar-refractivity contribution is 5.94. The summed E-state index contributed by atoms with van der Waals surface area (Å²) in [5.74, 6) is -1.39. The average molecular weight is 357 g/mol. The summed E-state index contributed by atoms with van der Waals surface area (Å²) in [4.78, 5) is 22.8. The van der Waals surface area contributed by atoms with Crippen LogP contribution in [0.15, 0.2) is 30.6 Å². The molecule has 1 aliphatic heterocycles. The fraction of sp³-hybridized carbons (Fsp3) is 0.333. The summed E-state index contributed by atoms with van der Waals surface area (Å²) >= 11 is 0. The lowest BCUT2D eigenvalue weighted by atomic mass is 9.93. The van der Waals surface area contributed by atoms with Gasteiger partial charge in [-0.3, -0.25) is 4.79 Å². The number of amides is 1. The first-order valence-corrected chi connectivity index (χ1v) is 8.44. The number of piperidine rings is 1. The molecule has 8 heteroatoms. The molecular formula is C18H17F2N5O. The molecule has 1 atom stereocenters. The maximum absolute atomic E-state index is 14.0. The fourth-order valence-corrected chi connectivity index (χ4v) is 3.49. The number of hydrogen-bond donors (Lipinski definition) is 0. The van der Waals surface area contributed by atoms with Crippen molar-refractivity contribution < 1.29 is 13.6 Å². The van der Waals surface area contributed by atoms with Gasteiger partial charge < -0.3 is 4.90 Å². The zero-order valence-electron chi connectivity index (χ0n) is 14.2. The van der Waals surface area contributed by atoms with Gasteiger partial charge in [0.05, 0.1) is 11.3 Å². The van der Waals surface area contributed by atoms with Crippen molar-refractivity contribution in [1.29, 1.82) is 0 Å². The van der Waals surface area contributed by atoms with Crippen molar-refractivity contribution in [3.63, 3.8) is 0 Å². The van der Waals surface area contributed by atoms with Crippen LogP contribution in [0.1, 0.15) is 40.5 Å². The molecule has 0 radical (unpaired) electrons. The zero-order chi connectivity index (χ0) is 18.3. The van der Waals surface area contributed by atoms with Crippen LogP contribution in [-0.4, -0.2) is 43.5 Å². The number of carbonyl (C=O) groups excluding carboxylic acids is 1. The number of likely N-dealkylation sites (tertiary alicyclic amines) is 1. The summed E-state index contributed by atoms with van der Waals surface area (Å²) in [6.07, 6.45) is 3.12. The third-order valence-electron chi connectivity index (χ3n) is 4.70.